The molecule has 5 N–H and O–H groups in total. The number of hydrogen-bond donors (Lipinski definition) is 4. The monoisotopic (exact) mass is 305 g/mol. The zero-order valence-electron chi connectivity index (χ0n) is 12.0. The van der Waals surface area contributed by atoms with Gasteiger partial charge in [0, 0.05) is 6.42 Å². The fourth-order valence-corrected chi connectivity index (χ4v) is 2.47. The number of carbonyl (C=O) groups excluding carboxylic acids is 2. The van der Waals surface area contributed by atoms with Crippen LogP contribution in [0.15, 0.2) is 30.3 Å². The molecule has 3 atom stereocenters. The van der Waals surface area contributed by atoms with Crippen LogP contribution in [0.3, 0.4) is 0 Å². The summed E-state index contributed by atoms with van der Waals surface area (Å²) in [4.78, 5) is 35.0. The van der Waals surface area contributed by atoms with Gasteiger partial charge in [-0.2, -0.15) is 0 Å². The number of nitrogens with one attached hydrogen (secondary N) is 2. The smallest absolute Gasteiger partial charge is 0.328 e. The Bertz CT molecular complexity index is 561. The third kappa shape index (κ3) is 3.82. The van der Waals surface area contributed by atoms with E-state index in [4.69, 9.17) is 5.73 Å². The number of piperidine rings is 1. The molecule has 0 spiro atoms. The first kappa shape index (κ1) is 16.0. The lowest BCUT2D eigenvalue weighted by Gasteiger charge is -2.29. The van der Waals surface area contributed by atoms with Crippen LogP contribution in [-0.2, 0) is 14.4 Å². The first-order valence-electron chi connectivity index (χ1n) is 7.12. The number of nitrogens with two attached hydrogens (primary N) is 1. The predicted molar refractivity (Wildman–Crippen MR) is 78.7 cm³/mol. The highest BCUT2D eigenvalue weighted by molar-refractivity contribution is 5.88. The van der Waals surface area contributed by atoms with Crippen LogP contribution < -0.4 is 16.4 Å². The summed E-state index contributed by atoms with van der Waals surface area (Å²) in [6.45, 7) is 0. The van der Waals surface area contributed by atoms with Gasteiger partial charge in [0.1, 0.15) is 12.1 Å². The first-order chi connectivity index (χ1) is 10.5. The number of aliphatic carboxylic acids is 1. The van der Waals surface area contributed by atoms with E-state index in [0.717, 1.165) is 0 Å². The van der Waals surface area contributed by atoms with Crippen molar-refractivity contribution in [1.82, 2.24) is 10.6 Å². The molecule has 22 heavy (non-hydrogen) atoms. The molecule has 0 radical (unpaired) electrons. The summed E-state index contributed by atoms with van der Waals surface area (Å²) < 4.78 is 0. The van der Waals surface area contributed by atoms with E-state index in [9.17, 15) is 19.5 Å². The van der Waals surface area contributed by atoms with Gasteiger partial charge in [-0.05, 0) is 18.4 Å². The second-order valence-electron chi connectivity index (χ2n) is 5.28. The summed E-state index contributed by atoms with van der Waals surface area (Å²) in [5.41, 5.74) is 6.45. The molecule has 1 aromatic rings. The average Bonchev–Trinajstić information content (AvgIpc) is 2.52. The normalized spacial score (nSPS) is 20.6. The molecule has 1 aromatic carbocycles. The molecule has 0 aromatic heterocycles. The van der Waals surface area contributed by atoms with Crippen molar-refractivity contribution < 1.29 is 19.5 Å². The number of hydrogen-bond acceptors (Lipinski definition) is 4. The number of rotatable bonds is 5. The van der Waals surface area contributed by atoms with Gasteiger partial charge in [-0.25, -0.2) is 4.79 Å². The van der Waals surface area contributed by atoms with E-state index in [1.165, 1.54) is 0 Å². The minimum Gasteiger partial charge on any atom is -0.480 e. The molecule has 2 amide bonds. The van der Waals surface area contributed by atoms with Gasteiger partial charge in [-0.15, -0.1) is 0 Å². The molecule has 7 nitrogen and oxygen atoms in total. The van der Waals surface area contributed by atoms with Crippen LogP contribution in [0.2, 0.25) is 0 Å². The van der Waals surface area contributed by atoms with Gasteiger partial charge in [0.05, 0.1) is 6.04 Å². The number of benzene rings is 1. The van der Waals surface area contributed by atoms with E-state index < -0.39 is 30.0 Å². The van der Waals surface area contributed by atoms with E-state index in [0.29, 0.717) is 24.8 Å². The Kier molecular flexibility index (Phi) is 5.11. The topological polar surface area (TPSA) is 122 Å². The van der Waals surface area contributed by atoms with Crippen molar-refractivity contribution >= 4 is 17.8 Å². The van der Waals surface area contributed by atoms with Gasteiger partial charge in [0.15, 0.2) is 0 Å². The minimum atomic E-state index is -1.19. The Hall–Kier alpha value is -2.41. The van der Waals surface area contributed by atoms with Gasteiger partial charge in [-0.1, -0.05) is 30.3 Å². The van der Waals surface area contributed by atoms with E-state index >= 15 is 0 Å². The molecule has 1 aliphatic heterocycles. The Labute approximate surface area is 127 Å². The lowest BCUT2D eigenvalue weighted by Crippen LogP contribution is -2.58. The van der Waals surface area contributed by atoms with Crippen molar-refractivity contribution in [2.45, 2.75) is 37.4 Å². The number of carboxylic acid groups (broad SMARTS) is 1. The van der Waals surface area contributed by atoms with Crippen LogP contribution in [0.1, 0.15) is 30.9 Å². The highest BCUT2D eigenvalue weighted by Crippen LogP contribution is 2.14. The first-order valence-corrected chi connectivity index (χ1v) is 7.12. The van der Waals surface area contributed by atoms with Crippen molar-refractivity contribution in [1.29, 1.82) is 0 Å². The average molecular weight is 305 g/mol. The number of carbonyl (C=O) groups is 3. The lowest BCUT2D eigenvalue weighted by atomic mass is 9.97. The minimum absolute atomic E-state index is 0.205. The van der Waals surface area contributed by atoms with E-state index in [2.05, 4.69) is 10.6 Å². The van der Waals surface area contributed by atoms with E-state index in [-0.39, 0.29) is 5.91 Å². The fraction of sp³-hybridized carbons (Fsp3) is 0.400. The number of carboxylic acids is 1. The largest absolute Gasteiger partial charge is 0.480 e. The van der Waals surface area contributed by atoms with Crippen molar-refractivity contribution in [3.63, 3.8) is 0 Å². The maximum absolute atomic E-state index is 12.2. The number of amides is 2. The van der Waals surface area contributed by atoms with Crippen molar-refractivity contribution in [3.8, 4) is 0 Å². The van der Waals surface area contributed by atoms with Gasteiger partial charge >= 0.3 is 5.97 Å². The van der Waals surface area contributed by atoms with Gasteiger partial charge in [0.25, 0.3) is 0 Å². The van der Waals surface area contributed by atoms with Crippen LogP contribution in [0.25, 0.3) is 0 Å². The van der Waals surface area contributed by atoms with Crippen LogP contribution >= 0.6 is 0 Å². The molecular weight excluding hydrogens is 286 g/mol. The van der Waals surface area contributed by atoms with Crippen LogP contribution in [0, 0.1) is 0 Å². The second kappa shape index (κ2) is 7.04. The van der Waals surface area contributed by atoms with Crippen LogP contribution in [0.5, 0.6) is 0 Å². The molecule has 2 rings (SSSR count). The predicted octanol–water partition coefficient (Wildman–Crippen LogP) is -0.0755. The molecule has 0 bridgehead atoms. The third-order valence-electron chi connectivity index (χ3n) is 3.67. The van der Waals surface area contributed by atoms with Crippen molar-refractivity contribution in [2.24, 2.45) is 5.73 Å². The highest BCUT2D eigenvalue weighted by atomic mass is 16.4. The van der Waals surface area contributed by atoms with Crippen LogP contribution in [-0.4, -0.2) is 35.0 Å². The Balaban J connectivity index is 2.06. The van der Waals surface area contributed by atoms with E-state index in [1.807, 2.05) is 0 Å². The van der Waals surface area contributed by atoms with Crippen molar-refractivity contribution in [3.05, 3.63) is 35.9 Å². The van der Waals surface area contributed by atoms with Crippen LogP contribution in [0.4, 0.5) is 0 Å². The third-order valence-corrected chi connectivity index (χ3v) is 3.67. The van der Waals surface area contributed by atoms with Gasteiger partial charge in [-0.3, -0.25) is 9.59 Å². The molecule has 0 saturated carbocycles. The molecular formula is C15H19N3O4. The Morgan fingerprint density at radius 2 is 2.00 bits per heavy atom. The second-order valence-corrected chi connectivity index (χ2v) is 5.28. The molecule has 1 saturated heterocycles. The summed E-state index contributed by atoms with van der Waals surface area (Å²) in [6.07, 6.45) is 1.48. The summed E-state index contributed by atoms with van der Waals surface area (Å²) in [5.74, 6) is -1.98. The zero-order valence-corrected chi connectivity index (χ0v) is 12.0. The zero-order chi connectivity index (χ0) is 16.1. The fourth-order valence-electron chi connectivity index (χ4n) is 2.47. The quantitative estimate of drug-likeness (QED) is 0.606. The molecule has 118 valence electrons. The summed E-state index contributed by atoms with van der Waals surface area (Å²) in [7, 11) is 0. The molecule has 1 fully saturated rings. The summed E-state index contributed by atoms with van der Waals surface area (Å²) >= 11 is 0. The van der Waals surface area contributed by atoms with Gasteiger partial charge in [0.2, 0.25) is 11.8 Å². The molecule has 0 aliphatic carbocycles. The molecule has 1 aliphatic rings. The highest BCUT2D eigenvalue weighted by Gasteiger charge is 2.34. The standard InChI is InChI=1S/C15H19N3O4/c16-12(9-5-2-1-3-6-9)14(20)18-13(15(21)22)10-7-4-8-11(19)17-10/h1-3,5-6,10,12-13H,4,7-8,16H2,(H,17,19)(H,18,20)(H,21,22)/t10-,12-,13+/m1/s1. The summed E-state index contributed by atoms with van der Waals surface area (Å²) in [6, 6.07) is 5.92. The Morgan fingerprint density at radius 3 is 2.59 bits per heavy atom. The van der Waals surface area contributed by atoms with Gasteiger partial charge < -0.3 is 21.5 Å². The molecule has 1 heterocycles. The molecule has 0 unspecified atom stereocenters. The maximum Gasteiger partial charge on any atom is 0.328 e. The summed E-state index contributed by atoms with van der Waals surface area (Å²) in [5, 5.41) is 14.3. The molecule has 7 heteroatoms. The Morgan fingerprint density at radius 1 is 1.32 bits per heavy atom. The van der Waals surface area contributed by atoms with Crippen molar-refractivity contribution in [2.75, 3.05) is 0 Å². The SMILES string of the molecule is N[C@@H](C(=O)N[C@H](C(=O)O)[C@H]1CCCC(=O)N1)c1ccccc1. The lowest BCUT2D eigenvalue weighted by molar-refractivity contribution is -0.143. The maximum atomic E-state index is 12.2. The van der Waals surface area contributed by atoms with E-state index in [1.54, 1.807) is 30.3 Å².